The van der Waals surface area contributed by atoms with Gasteiger partial charge in [0.15, 0.2) is 23.0 Å². The van der Waals surface area contributed by atoms with Gasteiger partial charge in [0.2, 0.25) is 5.75 Å². The van der Waals surface area contributed by atoms with Crippen molar-refractivity contribution in [3.8, 4) is 50.4 Å². The first kappa shape index (κ1) is 22.9. The van der Waals surface area contributed by atoms with Crippen LogP contribution in [0, 0.1) is 0 Å². The highest BCUT2D eigenvalue weighted by molar-refractivity contribution is 7.53. The Bertz CT molecular complexity index is 1090. The summed E-state index contributed by atoms with van der Waals surface area (Å²) in [5.74, 6) is 2.16. The number of nitrogens with zero attached hydrogens (tertiary/aromatic N) is 1. The summed E-state index contributed by atoms with van der Waals surface area (Å²) >= 11 is 1.30. The van der Waals surface area contributed by atoms with Crippen molar-refractivity contribution in [2.75, 3.05) is 34.6 Å². The Labute approximate surface area is 185 Å². The smallest absolute Gasteiger partial charge is 0.376 e. The summed E-state index contributed by atoms with van der Waals surface area (Å²) in [6.45, 7) is 1.58. The number of methoxy groups -OCH3 is 4. The minimum atomic E-state index is -3.75. The largest absolute Gasteiger partial charge is 0.493 e. The van der Waals surface area contributed by atoms with Crippen LogP contribution < -0.4 is 23.5 Å². The molecule has 0 saturated heterocycles. The lowest BCUT2D eigenvalue weighted by Crippen LogP contribution is -1.97. The zero-order chi connectivity index (χ0) is 22.6. The monoisotopic (exact) mass is 465 g/mol. The summed E-state index contributed by atoms with van der Waals surface area (Å²) in [6.07, 6.45) is -0.0115. The van der Waals surface area contributed by atoms with Gasteiger partial charge in [-0.05, 0) is 47.9 Å². The summed E-state index contributed by atoms with van der Waals surface area (Å²) in [6, 6.07) is 10.8. The van der Waals surface area contributed by atoms with Crippen molar-refractivity contribution in [1.29, 1.82) is 0 Å². The molecule has 31 heavy (non-hydrogen) atoms. The first-order chi connectivity index (χ1) is 14.8. The SMILES string of the molecule is CCP(=O)(O)Oc1cc(-c2cc(-c3cc(OC)c(OC)c(OC)c3)sn2)ccc1OC. The summed E-state index contributed by atoms with van der Waals surface area (Å²) < 4.78 is 43.4. The Hall–Kier alpha value is -2.74. The molecule has 0 aliphatic rings. The third-order valence-corrected chi connectivity index (χ3v) is 6.68. The molecule has 166 valence electrons. The molecule has 0 fully saturated rings. The summed E-state index contributed by atoms with van der Waals surface area (Å²) in [5.41, 5.74) is 2.27. The topological polar surface area (TPSA) is 96.3 Å². The van der Waals surface area contributed by atoms with E-state index in [9.17, 15) is 9.46 Å². The molecule has 1 unspecified atom stereocenters. The lowest BCUT2D eigenvalue weighted by atomic mass is 10.1. The van der Waals surface area contributed by atoms with Gasteiger partial charge < -0.3 is 28.4 Å². The maximum absolute atomic E-state index is 12.1. The van der Waals surface area contributed by atoms with Crippen molar-refractivity contribution < 1.29 is 32.9 Å². The molecule has 1 aromatic heterocycles. The zero-order valence-electron chi connectivity index (χ0n) is 17.9. The predicted octanol–water partition coefficient (Wildman–Crippen LogP) is 5.10. The van der Waals surface area contributed by atoms with Gasteiger partial charge >= 0.3 is 7.60 Å². The summed E-state index contributed by atoms with van der Waals surface area (Å²) in [5, 5.41) is 0. The van der Waals surface area contributed by atoms with E-state index >= 15 is 0 Å². The van der Waals surface area contributed by atoms with Crippen LogP contribution in [0.1, 0.15) is 6.92 Å². The molecule has 0 saturated carbocycles. The molecule has 8 nitrogen and oxygen atoms in total. The van der Waals surface area contributed by atoms with Crippen LogP contribution in [0.2, 0.25) is 0 Å². The first-order valence-corrected chi connectivity index (χ1v) is 11.9. The van der Waals surface area contributed by atoms with E-state index < -0.39 is 7.60 Å². The average molecular weight is 465 g/mol. The van der Waals surface area contributed by atoms with Crippen molar-refractivity contribution in [2.45, 2.75) is 6.92 Å². The fraction of sp³-hybridized carbons (Fsp3) is 0.286. The number of benzene rings is 2. The Balaban J connectivity index is 2.00. The molecule has 1 heterocycles. The Morgan fingerprint density at radius 1 is 0.871 bits per heavy atom. The Morgan fingerprint density at radius 2 is 1.48 bits per heavy atom. The highest BCUT2D eigenvalue weighted by Gasteiger charge is 2.21. The predicted molar refractivity (Wildman–Crippen MR) is 120 cm³/mol. The van der Waals surface area contributed by atoms with Gasteiger partial charge in [-0.3, -0.25) is 0 Å². The van der Waals surface area contributed by atoms with Gasteiger partial charge in [0.05, 0.1) is 45.2 Å². The van der Waals surface area contributed by atoms with Gasteiger partial charge in [-0.15, -0.1) is 0 Å². The molecule has 0 bridgehead atoms. The minimum absolute atomic E-state index is 0.0115. The van der Waals surface area contributed by atoms with Gasteiger partial charge in [0.1, 0.15) is 0 Å². The van der Waals surface area contributed by atoms with Crippen LogP contribution >= 0.6 is 19.1 Å². The third-order valence-electron chi connectivity index (χ3n) is 4.56. The molecule has 3 rings (SSSR count). The quantitative estimate of drug-likeness (QED) is 0.436. The van der Waals surface area contributed by atoms with Crippen molar-refractivity contribution in [3.05, 3.63) is 36.4 Å². The van der Waals surface area contributed by atoms with E-state index in [1.54, 1.807) is 40.4 Å². The first-order valence-electron chi connectivity index (χ1n) is 9.32. The molecule has 1 N–H and O–H groups in total. The molecule has 0 aliphatic carbocycles. The van der Waals surface area contributed by atoms with Crippen molar-refractivity contribution in [1.82, 2.24) is 4.37 Å². The normalized spacial score (nSPS) is 12.7. The van der Waals surface area contributed by atoms with Gasteiger partial charge in [0.25, 0.3) is 0 Å². The van der Waals surface area contributed by atoms with Crippen molar-refractivity contribution in [2.24, 2.45) is 0 Å². The summed E-state index contributed by atoms with van der Waals surface area (Å²) in [7, 11) is 2.40. The third kappa shape index (κ3) is 4.95. The van der Waals surface area contributed by atoms with E-state index in [2.05, 4.69) is 4.37 Å². The molecule has 1 atom stereocenters. The number of hydrogen-bond acceptors (Lipinski definition) is 8. The molecule has 0 amide bonds. The number of ether oxygens (including phenoxy) is 4. The van der Waals surface area contributed by atoms with E-state index in [0.717, 1.165) is 16.0 Å². The number of rotatable bonds is 9. The molecule has 3 aromatic rings. The second-order valence-corrected chi connectivity index (χ2v) is 9.30. The molecular formula is C21H24NO7PS. The molecule has 10 heteroatoms. The van der Waals surface area contributed by atoms with E-state index in [1.165, 1.54) is 18.6 Å². The van der Waals surface area contributed by atoms with Crippen LogP contribution in [0.3, 0.4) is 0 Å². The lowest BCUT2D eigenvalue weighted by Gasteiger charge is -2.15. The highest BCUT2D eigenvalue weighted by atomic mass is 32.1. The van der Waals surface area contributed by atoms with Crippen molar-refractivity contribution >= 4 is 19.1 Å². The van der Waals surface area contributed by atoms with Crippen LogP contribution in [0.5, 0.6) is 28.7 Å². The molecule has 0 aliphatic heterocycles. The Kier molecular flexibility index (Phi) is 7.10. The van der Waals surface area contributed by atoms with Gasteiger partial charge in [0, 0.05) is 11.1 Å². The second kappa shape index (κ2) is 9.60. The number of hydrogen-bond donors (Lipinski definition) is 1. The minimum Gasteiger partial charge on any atom is -0.493 e. The molecule has 0 radical (unpaired) electrons. The standard InChI is InChI=1S/C21H24NO7PS/c1-6-30(23,24)29-17-9-13(7-8-16(17)25-2)15-12-20(31-22-15)14-10-18(26-3)21(28-5)19(11-14)27-4/h7-12H,6H2,1-5H3,(H,23,24). The Morgan fingerprint density at radius 3 is 2.03 bits per heavy atom. The summed E-state index contributed by atoms with van der Waals surface area (Å²) in [4.78, 5) is 10.8. The van der Waals surface area contributed by atoms with E-state index in [-0.39, 0.29) is 11.9 Å². The highest BCUT2D eigenvalue weighted by Crippen LogP contribution is 2.47. The number of aromatic nitrogens is 1. The lowest BCUT2D eigenvalue weighted by molar-refractivity contribution is 0.324. The van der Waals surface area contributed by atoms with Gasteiger partial charge in [-0.2, -0.15) is 4.37 Å². The van der Waals surface area contributed by atoms with Crippen molar-refractivity contribution in [3.63, 3.8) is 0 Å². The van der Waals surface area contributed by atoms with E-state index in [1.807, 2.05) is 24.3 Å². The molecular weight excluding hydrogens is 441 g/mol. The fourth-order valence-electron chi connectivity index (χ4n) is 2.90. The maximum Gasteiger partial charge on any atom is 0.376 e. The van der Waals surface area contributed by atoms with Crippen LogP contribution in [0.4, 0.5) is 0 Å². The molecule has 2 aromatic carbocycles. The van der Waals surface area contributed by atoms with Gasteiger partial charge in [-0.1, -0.05) is 6.92 Å². The van der Waals surface area contributed by atoms with E-state index in [0.29, 0.717) is 28.7 Å². The van der Waals surface area contributed by atoms with Gasteiger partial charge in [-0.25, -0.2) is 4.57 Å². The van der Waals surface area contributed by atoms with Crippen LogP contribution in [0.25, 0.3) is 21.7 Å². The van der Waals surface area contributed by atoms with Crippen LogP contribution in [-0.4, -0.2) is 43.9 Å². The van der Waals surface area contributed by atoms with Crippen LogP contribution in [-0.2, 0) is 4.57 Å². The molecule has 0 spiro atoms. The van der Waals surface area contributed by atoms with Crippen LogP contribution in [0.15, 0.2) is 36.4 Å². The maximum atomic E-state index is 12.1. The second-order valence-electron chi connectivity index (χ2n) is 6.40. The average Bonchev–Trinajstić information content (AvgIpc) is 3.28. The zero-order valence-corrected chi connectivity index (χ0v) is 19.6. The fourth-order valence-corrected chi connectivity index (χ4v) is 4.22. The van der Waals surface area contributed by atoms with E-state index in [4.69, 9.17) is 23.5 Å².